The highest BCUT2D eigenvalue weighted by Gasteiger charge is 2.21. The first kappa shape index (κ1) is 21.3. The number of aliphatic carboxylic acids is 2. The summed E-state index contributed by atoms with van der Waals surface area (Å²) < 4.78 is 5.01. The monoisotopic (exact) mass is 372 g/mol. The van der Waals surface area contributed by atoms with Crippen molar-refractivity contribution in [1.82, 2.24) is 10.7 Å². The van der Waals surface area contributed by atoms with E-state index in [0.717, 1.165) is 5.56 Å². The molecule has 5 N–H and O–H groups in total. The van der Waals surface area contributed by atoms with Gasteiger partial charge in [-0.25, -0.2) is 9.59 Å². The van der Waals surface area contributed by atoms with Crippen LogP contribution in [0.1, 0.15) is 24.8 Å². The summed E-state index contributed by atoms with van der Waals surface area (Å²) in [4.78, 5) is 37.8. The van der Waals surface area contributed by atoms with Crippen molar-refractivity contribution in [3.63, 3.8) is 0 Å². The predicted octanol–water partition coefficient (Wildman–Crippen LogP) is 1.04. The van der Waals surface area contributed by atoms with Gasteiger partial charge in [-0.3, -0.25) is 20.0 Å². The summed E-state index contributed by atoms with van der Waals surface area (Å²) in [6.07, 6.45) is -0.730. The minimum atomic E-state index is -1.38. The van der Waals surface area contributed by atoms with Crippen molar-refractivity contribution in [2.45, 2.75) is 31.7 Å². The van der Waals surface area contributed by atoms with Gasteiger partial charge >= 0.3 is 18.0 Å². The van der Waals surface area contributed by atoms with E-state index in [1.165, 1.54) is 6.07 Å². The van der Waals surface area contributed by atoms with Gasteiger partial charge in [0.15, 0.2) is 0 Å². The zero-order valence-electron chi connectivity index (χ0n) is 13.7. The van der Waals surface area contributed by atoms with Gasteiger partial charge in [-0.15, -0.1) is 0 Å². The predicted molar refractivity (Wildman–Crippen MR) is 83.6 cm³/mol. The molecule has 0 aromatic heterocycles. The highest BCUT2D eigenvalue weighted by Crippen LogP contribution is 2.15. The Morgan fingerprint density at radius 3 is 2.54 bits per heavy atom. The fraction of sp³-hybridized carbons (Fsp3) is 0.400. The van der Waals surface area contributed by atoms with E-state index in [4.69, 9.17) is 25.4 Å². The number of aryl methyl sites for hydroxylation is 1. The van der Waals surface area contributed by atoms with Crippen molar-refractivity contribution in [2.75, 3.05) is 6.61 Å². The zero-order valence-corrected chi connectivity index (χ0v) is 13.7. The van der Waals surface area contributed by atoms with Crippen molar-refractivity contribution in [2.24, 2.45) is 0 Å². The molecule has 26 heavy (non-hydrogen) atoms. The lowest BCUT2D eigenvalue weighted by Crippen LogP contribution is -2.42. The Kier molecular flexibility index (Phi) is 9.01. The summed E-state index contributed by atoms with van der Waals surface area (Å²) in [6.45, 7) is 0.0580. The van der Waals surface area contributed by atoms with Gasteiger partial charge < -0.3 is 20.3 Å². The van der Waals surface area contributed by atoms with E-state index >= 15 is 0 Å². The molecule has 0 radical (unpaired) electrons. The van der Waals surface area contributed by atoms with Gasteiger partial charge in [0, 0.05) is 6.42 Å². The van der Waals surface area contributed by atoms with Crippen molar-refractivity contribution in [3.8, 4) is 5.75 Å². The number of carbonyl (C=O) groups is 3. The molecule has 0 saturated carbocycles. The molecule has 1 aromatic carbocycles. The molecule has 0 aliphatic rings. The topological polar surface area (TPSA) is 166 Å². The van der Waals surface area contributed by atoms with E-state index in [1.807, 2.05) is 0 Å². The molecular weight excluding hydrogens is 352 g/mol. The Hall–Kier alpha value is -2.73. The molecule has 0 bridgehead atoms. The molecule has 11 heteroatoms. The smallest absolute Gasteiger partial charge is 0.413 e. The number of rotatable bonds is 11. The van der Waals surface area contributed by atoms with E-state index < -0.39 is 30.5 Å². The molecule has 0 fully saturated rings. The molecular formula is C15H20N2O9. The average molecular weight is 372 g/mol. The van der Waals surface area contributed by atoms with Crippen LogP contribution in [-0.2, 0) is 20.8 Å². The van der Waals surface area contributed by atoms with Crippen LogP contribution < -0.4 is 10.1 Å². The molecule has 1 amide bonds. The maximum atomic E-state index is 11.8. The summed E-state index contributed by atoms with van der Waals surface area (Å²) >= 11 is 0. The molecule has 1 atom stereocenters. The Bertz CT molecular complexity index is 621. The molecule has 1 unspecified atom stereocenters. The second kappa shape index (κ2) is 11.0. The molecule has 1 rings (SSSR count). The van der Waals surface area contributed by atoms with Gasteiger partial charge in [-0.2, -0.15) is 0 Å². The molecule has 0 aliphatic heterocycles. The van der Waals surface area contributed by atoms with E-state index in [0.29, 0.717) is 12.8 Å². The van der Waals surface area contributed by atoms with E-state index in [1.54, 1.807) is 18.2 Å². The van der Waals surface area contributed by atoms with Crippen molar-refractivity contribution >= 4 is 18.0 Å². The number of benzene rings is 1. The van der Waals surface area contributed by atoms with Gasteiger partial charge in [-0.1, -0.05) is 12.1 Å². The number of ether oxygens (including phenoxy) is 1. The highest BCUT2D eigenvalue weighted by atomic mass is 17.1. The van der Waals surface area contributed by atoms with Crippen LogP contribution in [0.15, 0.2) is 24.3 Å². The molecule has 0 heterocycles. The quantitative estimate of drug-likeness (QED) is 0.280. The van der Waals surface area contributed by atoms with E-state index in [9.17, 15) is 14.4 Å². The third kappa shape index (κ3) is 8.94. The summed E-state index contributed by atoms with van der Waals surface area (Å²) in [6, 6.07) is 5.06. The number of carbonyl (C=O) groups excluding carboxylic acids is 1. The minimum Gasteiger partial charge on any atom is -0.481 e. The highest BCUT2D eigenvalue weighted by molar-refractivity contribution is 5.81. The normalized spacial score (nSPS) is 11.8. The third-order valence-corrected chi connectivity index (χ3v) is 3.16. The SMILES string of the molecule is O=C(O)CCC(NC(=O)Oc1cccc(CCCON(O)O)c1)C(=O)O. The van der Waals surface area contributed by atoms with Crippen molar-refractivity contribution < 1.29 is 44.6 Å². The minimum absolute atomic E-state index is 0.0580. The van der Waals surface area contributed by atoms with Crippen LogP contribution >= 0.6 is 0 Å². The number of nitrogens with zero attached hydrogens (tertiary/aromatic N) is 1. The van der Waals surface area contributed by atoms with Crippen LogP contribution in [0, 0.1) is 0 Å². The number of hydrogen-bond acceptors (Lipinski definition) is 8. The van der Waals surface area contributed by atoms with Crippen molar-refractivity contribution in [3.05, 3.63) is 29.8 Å². The van der Waals surface area contributed by atoms with Gasteiger partial charge in [0.1, 0.15) is 11.8 Å². The Morgan fingerprint density at radius 2 is 1.92 bits per heavy atom. The third-order valence-electron chi connectivity index (χ3n) is 3.16. The second-order valence-electron chi connectivity index (χ2n) is 5.19. The first-order chi connectivity index (χ1) is 12.3. The molecule has 144 valence electrons. The lowest BCUT2D eigenvalue weighted by molar-refractivity contribution is -0.492. The van der Waals surface area contributed by atoms with Gasteiger partial charge in [0.25, 0.3) is 0 Å². The van der Waals surface area contributed by atoms with Crippen LogP contribution in [0.2, 0.25) is 0 Å². The molecule has 0 saturated heterocycles. The van der Waals surface area contributed by atoms with Crippen LogP contribution in [0.3, 0.4) is 0 Å². The number of carboxylic acids is 2. The first-order valence-electron chi connectivity index (χ1n) is 7.60. The number of carboxylic acid groups (broad SMARTS) is 2. The number of hydrogen-bond donors (Lipinski definition) is 5. The molecule has 0 aliphatic carbocycles. The van der Waals surface area contributed by atoms with Gasteiger partial charge in [-0.05, 0) is 37.0 Å². The fourth-order valence-electron chi connectivity index (χ4n) is 1.99. The largest absolute Gasteiger partial charge is 0.481 e. The van der Waals surface area contributed by atoms with Crippen LogP contribution in [0.5, 0.6) is 5.75 Å². The number of nitrogens with one attached hydrogen (secondary N) is 1. The maximum Gasteiger partial charge on any atom is 0.413 e. The second-order valence-corrected chi connectivity index (χ2v) is 5.19. The van der Waals surface area contributed by atoms with Gasteiger partial charge in [0.2, 0.25) is 0 Å². The van der Waals surface area contributed by atoms with E-state index in [2.05, 4.69) is 10.2 Å². The molecule has 1 aromatic rings. The van der Waals surface area contributed by atoms with E-state index in [-0.39, 0.29) is 24.2 Å². The maximum absolute atomic E-state index is 11.8. The molecule has 11 nitrogen and oxygen atoms in total. The Morgan fingerprint density at radius 1 is 1.19 bits per heavy atom. The Labute approximate surface area is 148 Å². The standard InChI is InChI=1S/C15H20N2O9/c18-13(19)7-6-12(14(20)21)16-15(22)26-11-5-1-3-10(9-11)4-2-8-25-17(23)24/h1,3,5,9,12,23-24H,2,4,6-8H2,(H,16,22)(H,18,19)(H,20,21). The first-order valence-corrected chi connectivity index (χ1v) is 7.60. The van der Waals surface area contributed by atoms with Crippen LogP contribution in [0.4, 0.5) is 4.79 Å². The number of amides is 1. The lowest BCUT2D eigenvalue weighted by Gasteiger charge is -2.14. The lowest BCUT2D eigenvalue weighted by atomic mass is 10.1. The molecule has 0 spiro atoms. The van der Waals surface area contributed by atoms with Crippen molar-refractivity contribution in [1.29, 1.82) is 0 Å². The zero-order chi connectivity index (χ0) is 19.5. The van der Waals surface area contributed by atoms with Gasteiger partial charge in [0.05, 0.1) is 12.0 Å². The summed E-state index contributed by atoms with van der Waals surface area (Å²) in [5.41, 5.74) is 0.780. The van der Waals surface area contributed by atoms with Crippen LogP contribution in [0.25, 0.3) is 0 Å². The average Bonchev–Trinajstić information content (AvgIpc) is 2.55. The summed E-state index contributed by atoms with van der Waals surface area (Å²) in [5, 5.41) is 36.1. The fourth-order valence-corrected chi connectivity index (χ4v) is 1.99. The summed E-state index contributed by atoms with van der Waals surface area (Å²) in [5.74, 6) is -2.36. The summed E-state index contributed by atoms with van der Waals surface area (Å²) in [7, 11) is 0. The Balaban J connectivity index is 2.53. The van der Waals surface area contributed by atoms with Crippen LogP contribution in [-0.4, -0.2) is 56.7 Å².